The van der Waals surface area contributed by atoms with Crippen LogP contribution in [0, 0.1) is 13.8 Å². The number of aromatic nitrogens is 4. The molecular formula is C13H12N4O. The second-order valence-corrected chi connectivity index (χ2v) is 4.05. The van der Waals surface area contributed by atoms with Crippen LogP contribution in [-0.4, -0.2) is 19.7 Å². The second kappa shape index (κ2) is 4.10. The van der Waals surface area contributed by atoms with Gasteiger partial charge in [-0.1, -0.05) is 0 Å². The molecule has 5 heteroatoms. The van der Waals surface area contributed by atoms with E-state index >= 15 is 0 Å². The maximum atomic E-state index is 5.29. The van der Waals surface area contributed by atoms with Gasteiger partial charge < -0.3 is 4.42 Å². The first kappa shape index (κ1) is 10.7. The third-order valence-corrected chi connectivity index (χ3v) is 2.61. The van der Waals surface area contributed by atoms with E-state index in [1.165, 1.54) is 0 Å². The lowest BCUT2D eigenvalue weighted by atomic mass is 10.4. The minimum atomic E-state index is 0.560. The van der Waals surface area contributed by atoms with Crippen molar-refractivity contribution in [3.63, 3.8) is 0 Å². The Bertz CT molecular complexity index is 670. The zero-order chi connectivity index (χ0) is 12.5. The first-order chi connectivity index (χ1) is 8.74. The van der Waals surface area contributed by atoms with Gasteiger partial charge in [-0.2, -0.15) is 5.10 Å². The van der Waals surface area contributed by atoms with E-state index in [4.69, 9.17) is 4.42 Å². The van der Waals surface area contributed by atoms with E-state index in [1.54, 1.807) is 17.1 Å². The van der Waals surface area contributed by atoms with E-state index in [1.807, 2.05) is 38.1 Å². The number of aryl methyl sites for hydroxylation is 2. The van der Waals surface area contributed by atoms with Crippen LogP contribution in [0.2, 0.25) is 0 Å². The van der Waals surface area contributed by atoms with E-state index in [0.717, 1.165) is 17.2 Å². The van der Waals surface area contributed by atoms with Gasteiger partial charge in [0.25, 0.3) is 0 Å². The number of nitrogens with zero attached hydrogens (tertiary/aromatic N) is 4. The summed E-state index contributed by atoms with van der Waals surface area (Å²) in [5.41, 5.74) is 2.00. The largest absolute Gasteiger partial charge is 0.461 e. The zero-order valence-electron chi connectivity index (χ0n) is 10.2. The summed E-state index contributed by atoms with van der Waals surface area (Å²) in [5.74, 6) is 1.95. The van der Waals surface area contributed by atoms with E-state index in [-0.39, 0.29) is 0 Å². The molecule has 0 N–H and O–H groups in total. The molecule has 0 fully saturated rings. The highest BCUT2D eigenvalue weighted by Gasteiger charge is 2.09. The molecule has 0 aromatic carbocycles. The SMILES string of the molecule is Cc1cc(C)n(-c2ccnc(-c3ccco3)n2)n1. The number of furan rings is 1. The molecule has 0 atom stereocenters. The van der Waals surface area contributed by atoms with Gasteiger partial charge in [-0.25, -0.2) is 14.6 Å². The molecule has 0 radical (unpaired) electrons. The predicted octanol–water partition coefficient (Wildman–Crippen LogP) is 2.54. The fourth-order valence-electron chi connectivity index (χ4n) is 1.85. The van der Waals surface area contributed by atoms with E-state index in [0.29, 0.717) is 11.6 Å². The summed E-state index contributed by atoms with van der Waals surface area (Å²) >= 11 is 0. The van der Waals surface area contributed by atoms with Crippen LogP contribution in [0.1, 0.15) is 11.4 Å². The van der Waals surface area contributed by atoms with Crippen molar-refractivity contribution in [3.05, 3.63) is 48.1 Å². The summed E-state index contributed by atoms with van der Waals surface area (Å²) in [6, 6.07) is 7.48. The molecule has 3 rings (SSSR count). The van der Waals surface area contributed by atoms with Crippen molar-refractivity contribution in [2.45, 2.75) is 13.8 Å². The average molecular weight is 240 g/mol. The Morgan fingerprint density at radius 2 is 2.11 bits per heavy atom. The van der Waals surface area contributed by atoms with Gasteiger partial charge in [0.05, 0.1) is 12.0 Å². The van der Waals surface area contributed by atoms with Gasteiger partial charge in [0.1, 0.15) is 0 Å². The quantitative estimate of drug-likeness (QED) is 0.690. The second-order valence-electron chi connectivity index (χ2n) is 4.05. The van der Waals surface area contributed by atoms with Gasteiger partial charge in [-0.05, 0) is 32.0 Å². The molecule has 0 aliphatic carbocycles. The van der Waals surface area contributed by atoms with Gasteiger partial charge in [0.15, 0.2) is 17.4 Å². The fourth-order valence-corrected chi connectivity index (χ4v) is 1.85. The Morgan fingerprint density at radius 3 is 2.78 bits per heavy atom. The number of hydrogen-bond acceptors (Lipinski definition) is 4. The number of rotatable bonds is 2. The molecule has 5 nitrogen and oxygen atoms in total. The summed E-state index contributed by atoms with van der Waals surface area (Å²) in [4.78, 5) is 8.65. The van der Waals surface area contributed by atoms with Crippen LogP contribution in [0.3, 0.4) is 0 Å². The maximum absolute atomic E-state index is 5.29. The van der Waals surface area contributed by atoms with Gasteiger partial charge in [-0.3, -0.25) is 0 Å². The molecule has 18 heavy (non-hydrogen) atoms. The molecule has 0 saturated carbocycles. The Hall–Kier alpha value is -2.43. The molecule has 3 heterocycles. The van der Waals surface area contributed by atoms with Crippen molar-refractivity contribution in [2.75, 3.05) is 0 Å². The lowest BCUT2D eigenvalue weighted by Gasteiger charge is -2.03. The summed E-state index contributed by atoms with van der Waals surface area (Å²) < 4.78 is 7.09. The Morgan fingerprint density at radius 1 is 1.22 bits per heavy atom. The summed E-state index contributed by atoms with van der Waals surface area (Å²) in [6.07, 6.45) is 3.31. The molecule has 0 spiro atoms. The van der Waals surface area contributed by atoms with Gasteiger partial charge >= 0.3 is 0 Å². The highest BCUT2D eigenvalue weighted by Crippen LogP contribution is 2.17. The monoisotopic (exact) mass is 240 g/mol. The van der Waals surface area contributed by atoms with Crippen LogP contribution in [0.15, 0.2) is 41.1 Å². The van der Waals surface area contributed by atoms with E-state index < -0.39 is 0 Å². The van der Waals surface area contributed by atoms with Gasteiger partial charge in [-0.15, -0.1) is 0 Å². The smallest absolute Gasteiger partial charge is 0.197 e. The molecule has 0 aliphatic heterocycles. The third kappa shape index (κ3) is 1.79. The van der Waals surface area contributed by atoms with E-state index in [2.05, 4.69) is 15.1 Å². The standard InChI is InChI=1S/C13H12N4O/c1-9-8-10(2)17(16-9)12-5-6-14-13(15-12)11-4-3-7-18-11/h3-8H,1-2H3. The van der Waals surface area contributed by atoms with E-state index in [9.17, 15) is 0 Å². The summed E-state index contributed by atoms with van der Waals surface area (Å²) in [6.45, 7) is 3.95. The normalized spacial score (nSPS) is 10.8. The summed E-state index contributed by atoms with van der Waals surface area (Å²) in [7, 11) is 0. The predicted molar refractivity (Wildman–Crippen MR) is 66.3 cm³/mol. The van der Waals surface area contributed by atoms with Crippen molar-refractivity contribution in [1.29, 1.82) is 0 Å². The molecular weight excluding hydrogens is 228 g/mol. The van der Waals surface area contributed by atoms with Crippen LogP contribution in [0.25, 0.3) is 17.4 Å². The highest BCUT2D eigenvalue weighted by molar-refractivity contribution is 5.47. The molecule has 0 amide bonds. The van der Waals surface area contributed by atoms with Crippen molar-refractivity contribution in [2.24, 2.45) is 0 Å². The first-order valence-corrected chi connectivity index (χ1v) is 5.64. The van der Waals surface area contributed by atoms with Gasteiger partial charge in [0.2, 0.25) is 0 Å². The highest BCUT2D eigenvalue weighted by atomic mass is 16.3. The Balaban J connectivity index is 2.09. The van der Waals surface area contributed by atoms with Crippen LogP contribution < -0.4 is 0 Å². The fraction of sp³-hybridized carbons (Fsp3) is 0.154. The molecule has 90 valence electrons. The maximum Gasteiger partial charge on any atom is 0.197 e. The molecule has 0 aliphatic rings. The van der Waals surface area contributed by atoms with Crippen LogP contribution in [0.5, 0.6) is 0 Å². The zero-order valence-corrected chi connectivity index (χ0v) is 10.2. The molecule has 0 saturated heterocycles. The summed E-state index contributed by atoms with van der Waals surface area (Å²) in [5, 5.41) is 4.40. The topological polar surface area (TPSA) is 56.7 Å². The number of hydrogen-bond donors (Lipinski definition) is 0. The first-order valence-electron chi connectivity index (χ1n) is 5.64. The van der Waals surface area contributed by atoms with Crippen LogP contribution in [0.4, 0.5) is 0 Å². The molecule has 0 unspecified atom stereocenters. The average Bonchev–Trinajstić information content (AvgIpc) is 2.99. The minimum Gasteiger partial charge on any atom is -0.461 e. The Labute approximate surface area is 104 Å². The van der Waals surface area contributed by atoms with Crippen LogP contribution in [-0.2, 0) is 0 Å². The molecule has 0 bridgehead atoms. The van der Waals surface area contributed by atoms with Gasteiger partial charge in [0, 0.05) is 18.0 Å². The van der Waals surface area contributed by atoms with Crippen LogP contribution >= 0.6 is 0 Å². The molecule has 3 aromatic heterocycles. The lowest BCUT2D eigenvalue weighted by molar-refractivity contribution is 0.576. The van der Waals surface area contributed by atoms with Crippen molar-refractivity contribution in [3.8, 4) is 17.4 Å². The minimum absolute atomic E-state index is 0.560. The van der Waals surface area contributed by atoms with Crippen molar-refractivity contribution >= 4 is 0 Å². The Kier molecular flexibility index (Phi) is 2.44. The molecule has 3 aromatic rings. The lowest BCUT2D eigenvalue weighted by Crippen LogP contribution is -2.03. The third-order valence-electron chi connectivity index (χ3n) is 2.61. The van der Waals surface area contributed by atoms with Crippen molar-refractivity contribution in [1.82, 2.24) is 19.7 Å². The van der Waals surface area contributed by atoms with Crippen molar-refractivity contribution < 1.29 is 4.42 Å².